The molecule has 1 fully saturated rings. The smallest absolute Gasteiger partial charge is 0.336 e. The molecule has 1 aliphatic rings. The molecule has 2 aromatic heterocycles. The van der Waals surface area contributed by atoms with Gasteiger partial charge in [-0.3, -0.25) is 4.98 Å². The standard InChI is InChI=1S/C26H20FN3O3S/c1-15-14-16(9-10-19(15)27)30-24(23(29-26(30)34)20-8-4-5-13-28-20)22-12-11-21(33-22)17-6-2-3-7-18(17)25(31)32/h2-14,23-24H,1H3,(H,29,34)(H,31,32)/t23-,24-/m1/s1. The van der Waals surface area contributed by atoms with Gasteiger partial charge in [0.1, 0.15) is 23.4 Å². The number of aromatic carboxylic acids is 1. The third-order valence-electron chi connectivity index (χ3n) is 5.86. The van der Waals surface area contributed by atoms with Crippen LogP contribution in [0.5, 0.6) is 0 Å². The van der Waals surface area contributed by atoms with Crippen molar-refractivity contribution in [1.82, 2.24) is 10.3 Å². The summed E-state index contributed by atoms with van der Waals surface area (Å²) in [7, 11) is 0. The van der Waals surface area contributed by atoms with Crippen LogP contribution in [0, 0.1) is 12.7 Å². The van der Waals surface area contributed by atoms with Crippen molar-refractivity contribution >= 4 is 29.0 Å². The van der Waals surface area contributed by atoms with Crippen LogP contribution in [0.1, 0.15) is 39.5 Å². The summed E-state index contributed by atoms with van der Waals surface area (Å²) < 4.78 is 20.2. The van der Waals surface area contributed by atoms with Gasteiger partial charge in [0.15, 0.2) is 5.11 Å². The summed E-state index contributed by atoms with van der Waals surface area (Å²) in [6, 6.07) is 19.9. The van der Waals surface area contributed by atoms with Gasteiger partial charge in [0, 0.05) is 17.4 Å². The molecule has 2 N–H and O–H groups in total. The maximum atomic E-state index is 14.0. The molecule has 0 spiro atoms. The van der Waals surface area contributed by atoms with Crippen molar-refractivity contribution in [3.8, 4) is 11.3 Å². The Kier molecular flexibility index (Phi) is 5.59. The van der Waals surface area contributed by atoms with Gasteiger partial charge in [-0.1, -0.05) is 24.3 Å². The van der Waals surface area contributed by atoms with Gasteiger partial charge in [0.05, 0.1) is 17.3 Å². The SMILES string of the molecule is Cc1cc(N2C(=S)N[C@H](c3ccccn3)[C@H]2c2ccc(-c3ccccc3C(=O)O)o2)ccc1F. The molecule has 1 aliphatic heterocycles. The maximum absolute atomic E-state index is 14.0. The minimum atomic E-state index is -1.04. The minimum Gasteiger partial charge on any atom is -0.478 e. The highest BCUT2D eigenvalue weighted by Crippen LogP contribution is 2.43. The number of rotatable bonds is 5. The molecule has 8 heteroatoms. The second-order valence-corrected chi connectivity index (χ2v) is 8.37. The first-order chi connectivity index (χ1) is 16.4. The Morgan fingerprint density at radius 1 is 1.12 bits per heavy atom. The van der Waals surface area contributed by atoms with E-state index in [9.17, 15) is 14.3 Å². The van der Waals surface area contributed by atoms with Crippen molar-refractivity contribution in [2.75, 3.05) is 4.90 Å². The molecule has 0 radical (unpaired) electrons. The third kappa shape index (κ3) is 3.82. The van der Waals surface area contributed by atoms with E-state index in [1.165, 1.54) is 12.1 Å². The Labute approximate surface area is 200 Å². The van der Waals surface area contributed by atoms with E-state index in [0.29, 0.717) is 33.4 Å². The van der Waals surface area contributed by atoms with Gasteiger partial charge >= 0.3 is 5.97 Å². The number of benzene rings is 2. The molecular formula is C26H20FN3O3S. The van der Waals surface area contributed by atoms with Crippen LogP contribution in [0.25, 0.3) is 11.3 Å². The van der Waals surface area contributed by atoms with Crippen molar-refractivity contribution in [3.63, 3.8) is 0 Å². The maximum Gasteiger partial charge on any atom is 0.336 e. The van der Waals surface area contributed by atoms with Crippen LogP contribution in [-0.2, 0) is 0 Å². The molecule has 0 bridgehead atoms. The molecule has 34 heavy (non-hydrogen) atoms. The molecule has 0 amide bonds. The second kappa shape index (κ2) is 8.72. The molecule has 4 aromatic rings. The van der Waals surface area contributed by atoms with E-state index in [1.807, 2.05) is 29.2 Å². The number of carbonyl (C=O) groups is 1. The lowest BCUT2D eigenvalue weighted by molar-refractivity contribution is 0.0697. The molecule has 2 aromatic carbocycles. The fraction of sp³-hybridized carbons (Fsp3) is 0.115. The van der Waals surface area contributed by atoms with Gasteiger partial charge < -0.3 is 19.7 Å². The fourth-order valence-electron chi connectivity index (χ4n) is 4.24. The number of hydrogen-bond donors (Lipinski definition) is 2. The predicted octanol–water partition coefficient (Wildman–Crippen LogP) is 5.66. The van der Waals surface area contributed by atoms with E-state index >= 15 is 0 Å². The number of aryl methyl sites for hydroxylation is 1. The number of pyridine rings is 1. The number of hydrogen-bond acceptors (Lipinski definition) is 4. The number of halogens is 1. The largest absolute Gasteiger partial charge is 0.478 e. The summed E-state index contributed by atoms with van der Waals surface area (Å²) in [6.45, 7) is 1.70. The number of nitrogens with zero attached hydrogens (tertiary/aromatic N) is 2. The fourth-order valence-corrected chi connectivity index (χ4v) is 4.59. The zero-order chi connectivity index (χ0) is 23.8. The van der Waals surface area contributed by atoms with Crippen molar-refractivity contribution in [2.24, 2.45) is 0 Å². The first-order valence-corrected chi connectivity index (χ1v) is 11.0. The second-order valence-electron chi connectivity index (χ2n) is 7.98. The summed E-state index contributed by atoms with van der Waals surface area (Å²) in [6.07, 6.45) is 1.71. The highest BCUT2D eigenvalue weighted by molar-refractivity contribution is 7.80. The lowest BCUT2D eigenvalue weighted by atomic mass is 10.0. The molecule has 2 atom stereocenters. The van der Waals surface area contributed by atoms with Gasteiger partial charge in [0.25, 0.3) is 0 Å². The number of carboxylic acid groups (broad SMARTS) is 1. The zero-order valence-corrected chi connectivity index (χ0v) is 18.9. The van der Waals surface area contributed by atoms with Gasteiger partial charge in [0.2, 0.25) is 0 Å². The van der Waals surface area contributed by atoms with Crippen molar-refractivity contribution < 1.29 is 18.7 Å². The van der Waals surface area contributed by atoms with E-state index in [1.54, 1.807) is 49.5 Å². The summed E-state index contributed by atoms with van der Waals surface area (Å²) in [5, 5.41) is 13.4. The molecular weight excluding hydrogens is 453 g/mol. The lowest BCUT2D eigenvalue weighted by Crippen LogP contribution is -2.29. The molecule has 0 saturated carbocycles. The van der Waals surface area contributed by atoms with Crippen LogP contribution < -0.4 is 10.2 Å². The molecule has 170 valence electrons. The van der Waals surface area contributed by atoms with E-state index in [4.69, 9.17) is 16.6 Å². The number of anilines is 1. The number of furan rings is 1. The average Bonchev–Trinajstić information content (AvgIpc) is 3.46. The van der Waals surface area contributed by atoms with E-state index in [2.05, 4.69) is 10.3 Å². The Hall–Kier alpha value is -4.04. The monoisotopic (exact) mass is 473 g/mol. The summed E-state index contributed by atoms with van der Waals surface area (Å²) in [4.78, 5) is 18.1. The van der Waals surface area contributed by atoms with Crippen LogP contribution in [0.4, 0.5) is 10.1 Å². The summed E-state index contributed by atoms with van der Waals surface area (Å²) in [5.74, 6) is -0.335. The quantitative estimate of drug-likeness (QED) is 0.362. The number of thiocarbonyl (C=S) groups is 1. The Bertz CT molecular complexity index is 1390. The van der Waals surface area contributed by atoms with Crippen molar-refractivity contribution in [3.05, 3.63) is 107 Å². The highest BCUT2D eigenvalue weighted by Gasteiger charge is 2.42. The summed E-state index contributed by atoms with van der Waals surface area (Å²) >= 11 is 5.68. The Morgan fingerprint density at radius 2 is 1.91 bits per heavy atom. The van der Waals surface area contributed by atoms with Crippen LogP contribution in [0.3, 0.4) is 0 Å². The Balaban J connectivity index is 1.63. The summed E-state index contributed by atoms with van der Waals surface area (Å²) in [5.41, 5.74) is 2.60. The number of aromatic nitrogens is 1. The van der Waals surface area contributed by atoms with Gasteiger partial charge in [-0.2, -0.15) is 0 Å². The van der Waals surface area contributed by atoms with Crippen molar-refractivity contribution in [1.29, 1.82) is 0 Å². The first-order valence-electron chi connectivity index (χ1n) is 10.6. The zero-order valence-electron chi connectivity index (χ0n) is 18.1. The molecule has 1 saturated heterocycles. The number of nitrogens with one attached hydrogen (secondary N) is 1. The molecule has 0 unspecified atom stereocenters. The topological polar surface area (TPSA) is 78.6 Å². The van der Waals surface area contributed by atoms with Gasteiger partial charge in [-0.15, -0.1) is 0 Å². The van der Waals surface area contributed by atoms with Crippen LogP contribution in [-0.4, -0.2) is 21.2 Å². The molecule has 6 nitrogen and oxygen atoms in total. The van der Waals surface area contributed by atoms with E-state index < -0.39 is 12.0 Å². The lowest BCUT2D eigenvalue weighted by Gasteiger charge is -2.26. The predicted molar refractivity (Wildman–Crippen MR) is 130 cm³/mol. The van der Waals surface area contributed by atoms with Crippen LogP contribution in [0.15, 0.2) is 83.4 Å². The van der Waals surface area contributed by atoms with Crippen LogP contribution in [0.2, 0.25) is 0 Å². The number of carboxylic acids is 1. The highest BCUT2D eigenvalue weighted by atomic mass is 32.1. The minimum absolute atomic E-state index is 0.149. The average molecular weight is 474 g/mol. The first kappa shape index (κ1) is 21.8. The van der Waals surface area contributed by atoms with E-state index in [-0.39, 0.29) is 17.4 Å². The Morgan fingerprint density at radius 3 is 2.65 bits per heavy atom. The van der Waals surface area contributed by atoms with Crippen LogP contribution >= 0.6 is 12.2 Å². The molecule has 3 heterocycles. The van der Waals surface area contributed by atoms with E-state index in [0.717, 1.165) is 5.69 Å². The van der Waals surface area contributed by atoms with Gasteiger partial charge in [-0.05, 0) is 73.2 Å². The molecule has 0 aliphatic carbocycles. The van der Waals surface area contributed by atoms with Crippen molar-refractivity contribution in [2.45, 2.75) is 19.0 Å². The molecule has 5 rings (SSSR count). The third-order valence-corrected chi connectivity index (χ3v) is 6.17. The van der Waals surface area contributed by atoms with Gasteiger partial charge in [-0.25, -0.2) is 9.18 Å². The normalized spacial score (nSPS) is 17.6.